The van der Waals surface area contributed by atoms with Crippen molar-refractivity contribution in [2.24, 2.45) is 11.8 Å². The number of ether oxygens (including phenoxy) is 1. The van der Waals surface area contributed by atoms with Gasteiger partial charge in [0.1, 0.15) is 0 Å². The van der Waals surface area contributed by atoms with Crippen LogP contribution in [0.4, 0.5) is 10.5 Å². The number of hydrogen-bond acceptors (Lipinski definition) is 4. The fourth-order valence-corrected chi connectivity index (χ4v) is 2.65. The lowest BCUT2D eigenvalue weighted by molar-refractivity contribution is -0.135. The van der Waals surface area contributed by atoms with E-state index < -0.39 is 12.0 Å². The fourth-order valence-electron chi connectivity index (χ4n) is 2.65. The number of nitrogens with one attached hydrogen (secondary N) is 2. The van der Waals surface area contributed by atoms with Crippen LogP contribution in [0.2, 0.25) is 0 Å². The Balaban J connectivity index is 2.76. The Morgan fingerprint density at radius 3 is 2.07 bits per heavy atom. The van der Waals surface area contributed by atoms with Gasteiger partial charge in [-0.2, -0.15) is 0 Å². The van der Waals surface area contributed by atoms with E-state index in [2.05, 4.69) is 10.6 Å². The Morgan fingerprint density at radius 2 is 1.54 bits per heavy atom. The molecule has 0 aliphatic heterocycles. The third kappa shape index (κ3) is 8.41. The second-order valence-corrected chi connectivity index (χ2v) is 7.96. The predicted octanol–water partition coefficient (Wildman–Crippen LogP) is 3.51. The van der Waals surface area contributed by atoms with Crippen LogP contribution in [-0.2, 0) is 9.53 Å². The molecule has 156 valence electrons. The van der Waals surface area contributed by atoms with Gasteiger partial charge in [-0.25, -0.2) is 9.59 Å². The third-order valence-corrected chi connectivity index (χ3v) is 3.67. The van der Waals surface area contributed by atoms with E-state index in [1.54, 1.807) is 29.2 Å². The highest BCUT2D eigenvalue weighted by Gasteiger charge is 2.20. The summed E-state index contributed by atoms with van der Waals surface area (Å²) in [6.45, 7) is 12.7. The van der Waals surface area contributed by atoms with Gasteiger partial charge in [0.2, 0.25) is 0 Å². The summed E-state index contributed by atoms with van der Waals surface area (Å²) in [6, 6.07) is 6.10. The largest absolute Gasteiger partial charge is 0.452 e. The summed E-state index contributed by atoms with van der Waals surface area (Å²) in [5.74, 6) is -0.229. The minimum atomic E-state index is -0.650. The van der Waals surface area contributed by atoms with Gasteiger partial charge < -0.3 is 20.3 Å². The lowest BCUT2D eigenvalue weighted by Crippen LogP contribution is -2.39. The number of rotatable bonds is 9. The standard InChI is InChI=1S/C21H33N3O4/c1-14(2)11-24(12-15(3)4)19(25)13-28-20(26)17-9-7-8-10-18(17)23-21(27)22-16(5)6/h7-10,14-16H,11-13H2,1-6H3,(H2,22,23,27). The van der Waals surface area contributed by atoms with E-state index in [0.29, 0.717) is 30.6 Å². The van der Waals surface area contributed by atoms with Gasteiger partial charge in [-0.05, 0) is 37.8 Å². The molecule has 0 aromatic heterocycles. The molecule has 0 saturated carbocycles. The molecule has 0 aliphatic rings. The van der Waals surface area contributed by atoms with Crippen molar-refractivity contribution in [3.8, 4) is 0 Å². The van der Waals surface area contributed by atoms with Gasteiger partial charge >= 0.3 is 12.0 Å². The van der Waals surface area contributed by atoms with Gasteiger partial charge in [-0.3, -0.25) is 4.79 Å². The molecular formula is C21H33N3O4. The molecule has 0 spiro atoms. The highest BCUT2D eigenvalue weighted by molar-refractivity contribution is 6.01. The summed E-state index contributed by atoms with van der Waals surface area (Å²) in [6.07, 6.45) is 0. The topological polar surface area (TPSA) is 87.7 Å². The third-order valence-electron chi connectivity index (χ3n) is 3.67. The first-order valence-electron chi connectivity index (χ1n) is 9.71. The molecule has 0 fully saturated rings. The monoisotopic (exact) mass is 391 g/mol. The summed E-state index contributed by atoms with van der Waals surface area (Å²) in [5.41, 5.74) is 0.535. The summed E-state index contributed by atoms with van der Waals surface area (Å²) >= 11 is 0. The lowest BCUT2D eigenvalue weighted by Gasteiger charge is -2.26. The van der Waals surface area contributed by atoms with Crippen molar-refractivity contribution in [2.75, 3.05) is 25.0 Å². The Morgan fingerprint density at radius 1 is 0.964 bits per heavy atom. The number of esters is 1. The maximum absolute atomic E-state index is 12.5. The zero-order valence-corrected chi connectivity index (χ0v) is 17.7. The van der Waals surface area contributed by atoms with Gasteiger partial charge in [0.25, 0.3) is 5.91 Å². The first-order chi connectivity index (χ1) is 13.1. The lowest BCUT2D eigenvalue weighted by atomic mass is 10.1. The van der Waals surface area contributed by atoms with E-state index >= 15 is 0 Å². The van der Waals surface area contributed by atoms with Crippen LogP contribution in [0, 0.1) is 11.8 Å². The van der Waals surface area contributed by atoms with E-state index in [9.17, 15) is 14.4 Å². The van der Waals surface area contributed by atoms with Crippen LogP contribution in [0.1, 0.15) is 51.9 Å². The predicted molar refractivity (Wildman–Crippen MR) is 110 cm³/mol. The van der Waals surface area contributed by atoms with Gasteiger partial charge in [0, 0.05) is 19.1 Å². The van der Waals surface area contributed by atoms with Gasteiger partial charge in [0.05, 0.1) is 11.3 Å². The van der Waals surface area contributed by atoms with Crippen molar-refractivity contribution >= 4 is 23.6 Å². The van der Waals surface area contributed by atoms with Gasteiger partial charge in [-0.15, -0.1) is 0 Å². The SMILES string of the molecule is CC(C)CN(CC(C)C)C(=O)COC(=O)c1ccccc1NC(=O)NC(C)C. The number of anilines is 1. The molecule has 0 heterocycles. The zero-order chi connectivity index (χ0) is 21.3. The van der Waals surface area contributed by atoms with Crippen molar-refractivity contribution < 1.29 is 19.1 Å². The maximum atomic E-state index is 12.5. The van der Waals surface area contributed by atoms with Gasteiger partial charge in [0.15, 0.2) is 6.61 Å². The molecule has 0 radical (unpaired) electrons. The quantitative estimate of drug-likeness (QED) is 0.631. The van der Waals surface area contributed by atoms with Crippen molar-refractivity contribution in [3.63, 3.8) is 0 Å². The summed E-state index contributed by atoms with van der Waals surface area (Å²) in [5, 5.41) is 5.34. The summed E-state index contributed by atoms with van der Waals surface area (Å²) in [7, 11) is 0. The van der Waals surface area contributed by atoms with E-state index in [-0.39, 0.29) is 24.1 Å². The van der Waals surface area contributed by atoms with Crippen molar-refractivity contribution in [1.29, 1.82) is 0 Å². The Bertz CT molecular complexity index is 661. The van der Waals surface area contributed by atoms with E-state index in [4.69, 9.17) is 4.74 Å². The minimum Gasteiger partial charge on any atom is -0.452 e. The summed E-state index contributed by atoms with van der Waals surface area (Å²) in [4.78, 5) is 38.6. The number of carbonyl (C=O) groups is 3. The normalized spacial score (nSPS) is 10.9. The second-order valence-electron chi connectivity index (χ2n) is 7.96. The van der Waals surface area contributed by atoms with Crippen LogP contribution < -0.4 is 10.6 Å². The molecule has 0 saturated heterocycles. The van der Waals surface area contributed by atoms with Crippen LogP contribution in [0.25, 0.3) is 0 Å². The minimum absolute atomic E-state index is 0.0374. The molecule has 3 amide bonds. The number of benzene rings is 1. The van der Waals surface area contributed by atoms with Crippen molar-refractivity contribution in [1.82, 2.24) is 10.2 Å². The number of amides is 3. The second kappa shape index (κ2) is 11.3. The molecule has 0 unspecified atom stereocenters. The Hall–Kier alpha value is -2.57. The van der Waals surface area contributed by atoms with E-state index in [1.165, 1.54) is 0 Å². The average molecular weight is 392 g/mol. The molecule has 0 bridgehead atoms. The molecule has 1 rings (SSSR count). The Kier molecular flexibility index (Phi) is 9.48. The van der Waals surface area contributed by atoms with Crippen LogP contribution in [0.5, 0.6) is 0 Å². The molecule has 0 atom stereocenters. The average Bonchev–Trinajstić information content (AvgIpc) is 2.57. The Labute approximate surface area is 167 Å². The van der Waals surface area contributed by atoms with Crippen molar-refractivity contribution in [2.45, 2.75) is 47.6 Å². The van der Waals surface area contributed by atoms with Crippen LogP contribution in [0.3, 0.4) is 0 Å². The van der Waals surface area contributed by atoms with Crippen LogP contribution in [-0.4, -0.2) is 48.5 Å². The number of urea groups is 1. The van der Waals surface area contributed by atoms with Crippen LogP contribution >= 0.6 is 0 Å². The van der Waals surface area contributed by atoms with E-state index in [0.717, 1.165) is 0 Å². The van der Waals surface area contributed by atoms with Gasteiger partial charge in [-0.1, -0.05) is 39.8 Å². The first kappa shape index (κ1) is 23.5. The highest BCUT2D eigenvalue weighted by Crippen LogP contribution is 2.16. The number of para-hydroxylation sites is 1. The molecule has 28 heavy (non-hydrogen) atoms. The maximum Gasteiger partial charge on any atom is 0.340 e. The number of carbonyl (C=O) groups excluding carboxylic acids is 3. The van der Waals surface area contributed by atoms with E-state index in [1.807, 2.05) is 41.5 Å². The zero-order valence-electron chi connectivity index (χ0n) is 17.7. The first-order valence-corrected chi connectivity index (χ1v) is 9.71. The number of nitrogens with zero attached hydrogens (tertiary/aromatic N) is 1. The number of hydrogen-bond donors (Lipinski definition) is 2. The summed E-state index contributed by atoms with van der Waals surface area (Å²) < 4.78 is 5.24. The molecule has 1 aromatic rings. The molecule has 2 N–H and O–H groups in total. The molecule has 1 aromatic carbocycles. The van der Waals surface area contributed by atoms with Crippen LogP contribution in [0.15, 0.2) is 24.3 Å². The molecule has 7 heteroatoms. The molecule has 7 nitrogen and oxygen atoms in total. The molecule has 0 aliphatic carbocycles. The fraction of sp³-hybridized carbons (Fsp3) is 0.571. The molecular weight excluding hydrogens is 358 g/mol. The smallest absolute Gasteiger partial charge is 0.340 e. The highest BCUT2D eigenvalue weighted by atomic mass is 16.5. The van der Waals surface area contributed by atoms with Crippen molar-refractivity contribution in [3.05, 3.63) is 29.8 Å².